The number of benzene rings is 2. The maximum Gasteiger partial charge on any atom is 0.416 e. The Morgan fingerprint density at radius 2 is 1.84 bits per heavy atom. The highest BCUT2D eigenvalue weighted by Gasteiger charge is 2.30. The lowest BCUT2D eigenvalue weighted by Gasteiger charge is -2.10. The van der Waals surface area contributed by atoms with Gasteiger partial charge in [0.05, 0.1) is 5.56 Å². The molecule has 0 N–H and O–H groups in total. The fourth-order valence-electron chi connectivity index (χ4n) is 2.44. The molecule has 0 amide bonds. The first kappa shape index (κ1) is 17.0. The van der Waals surface area contributed by atoms with Crippen molar-refractivity contribution in [2.24, 2.45) is 0 Å². The van der Waals surface area contributed by atoms with Crippen molar-refractivity contribution in [2.45, 2.75) is 20.0 Å². The predicted octanol–water partition coefficient (Wildman–Crippen LogP) is 5.29. The van der Waals surface area contributed by atoms with E-state index in [1.54, 1.807) is 12.1 Å². The van der Waals surface area contributed by atoms with Crippen LogP contribution in [0.5, 0.6) is 0 Å². The highest BCUT2D eigenvalue weighted by atomic mass is 19.4. The molecule has 0 aliphatic heterocycles. The lowest BCUT2D eigenvalue weighted by atomic mass is 9.98. The summed E-state index contributed by atoms with van der Waals surface area (Å²) in [5.41, 5.74) is 3.13. The molecule has 0 saturated carbocycles. The van der Waals surface area contributed by atoms with Gasteiger partial charge in [0.15, 0.2) is 6.33 Å². The van der Waals surface area contributed by atoms with Crippen LogP contribution in [0.3, 0.4) is 0 Å². The van der Waals surface area contributed by atoms with Gasteiger partial charge in [-0.15, -0.1) is 0 Å². The molecule has 0 aliphatic carbocycles. The lowest BCUT2D eigenvalue weighted by molar-refractivity contribution is -0.137. The van der Waals surface area contributed by atoms with Crippen molar-refractivity contribution in [2.75, 3.05) is 0 Å². The van der Waals surface area contributed by atoms with Crippen molar-refractivity contribution < 1.29 is 17.7 Å². The summed E-state index contributed by atoms with van der Waals surface area (Å²) in [7, 11) is 0. The molecule has 0 aliphatic rings. The normalized spacial score (nSPS) is 12.4. The average molecular weight is 344 g/mol. The van der Waals surface area contributed by atoms with Crippen LogP contribution < -0.4 is 0 Å². The molecule has 3 rings (SSSR count). The molecule has 128 valence electrons. The van der Waals surface area contributed by atoms with Crippen molar-refractivity contribution >= 4 is 11.6 Å². The van der Waals surface area contributed by atoms with E-state index < -0.39 is 11.7 Å². The Hall–Kier alpha value is -2.89. The zero-order valence-corrected chi connectivity index (χ0v) is 13.6. The van der Waals surface area contributed by atoms with E-state index in [0.717, 1.165) is 28.8 Å². The molecule has 0 saturated heterocycles. The van der Waals surface area contributed by atoms with Gasteiger partial charge in [-0.25, -0.2) is 0 Å². The molecule has 3 nitrogen and oxygen atoms in total. The van der Waals surface area contributed by atoms with Gasteiger partial charge < -0.3 is 4.52 Å². The van der Waals surface area contributed by atoms with Crippen LogP contribution in [-0.2, 0) is 6.18 Å². The van der Waals surface area contributed by atoms with E-state index in [9.17, 15) is 13.2 Å². The number of halogens is 3. The number of hydrogen-bond donors (Lipinski definition) is 0. The highest BCUT2D eigenvalue weighted by Crippen LogP contribution is 2.33. The fraction of sp³-hybridized carbons (Fsp3) is 0.158. The standard InChI is InChI=1S/C19H15F3N2O/c1-12-6-7-14(8-13(12)2)9-17(18-23-11-24-25-18)15-4-3-5-16(10-15)19(20,21)22/h3-11H,1-2H3/b17-9+. The van der Waals surface area contributed by atoms with Crippen LogP contribution in [0.2, 0.25) is 0 Å². The third-order valence-electron chi connectivity index (χ3n) is 3.93. The van der Waals surface area contributed by atoms with E-state index in [4.69, 9.17) is 4.52 Å². The molecule has 0 spiro atoms. The van der Waals surface area contributed by atoms with Gasteiger partial charge >= 0.3 is 6.18 Å². The quantitative estimate of drug-likeness (QED) is 0.606. The van der Waals surface area contributed by atoms with Gasteiger partial charge in [0.2, 0.25) is 0 Å². The number of rotatable bonds is 3. The molecule has 0 bridgehead atoms. The third-order valence-corrected chi connectivity index (χ3v) is 3.93. The Morgan fingerprint density at radius 3 is 2.48 bits per heavy atom. The van der Waals surface area contributed by atoms with Gasteiger partial charge in [-0.1, -0.05) is 35.5 Å². The van der Waals surface area contributed by atoms with Crippen LogP contribution in [-0.4, -0.2) is 10.1 Å². The maximum atomic E-state index is 13.0. The lowest BCUT2D eigenvalue weighted by Crippen LogP contribution is -2.05. The number of aromatic nitrogens is 2. The fourth-order valence-corrected chi connectivity index (χ4v) is 2.44. The summed E-state index contributed by atoms with van der Waals surface area (Å²) in [5, 5.41) is 3.56. The van der Waals surface area contributed by atoms with E-state index in [1.165, 1.54) is 12.4 Å². The smallest absolute Gasteiger partial charge is 0.334 e. The molecule has 6 heteroatoms. The summed E-state index contributed by atoms with van der Waals surface area (Å²) in [6.07, 6.45) is -1.46. The van der Waals surface area contributed by atoms with Crippen LogP contribution >= 0.6 is 0 Å². The van der Waals surface area contributed by atoms with E-state index in [-0.39, 0.29) is 5.89 Å². The second kappa shape index (κ2) is 6.55. The van der Waals surface area contributed by atoms with Gasteiger partial charge in [0, 0.05) is 5.57 Å². The SMILES string of the molecule is Cc1ccc(/C=C(\c2cccc(C(F)(F)F)c2)c2ncno2)cc1C. The summed E-state index contributed by atoms with van der Waals surface area (Å²) in [6, 6.07) is 10.9. The first-order valence-electron chi connectivity index (χ1n) is 7.58. The van der Waals surface area contributed by atoms with E-state index >= 15 is 0 Å². The second-order valence-corrected chi connectivity index (χ2v) is 5.73. The third kappa shape index (κ3) is 3.79. The summed E-state index contributed by atoms with van der Waals surface area (Å²) in [5.74, 6) is 0.164. The molecule has 25 heavy (non-hydrogen) atoms. The Labute approximate surface area is 142 Å². The van der Waals surface area contributed by atoms with Crippen LogP contribution in [0.15, 0.2) is 53.3 Å². The van der Waals surface area contributed by atoms with Crippen LogP contribution in [0.25, 0.3) is 11.6 Å². The Bertz CT molecular complexity index is 913. The first-order chi connectivity index (χ1) is 11.8. The minimum absolute atomic E-state index is 0.164. The van der Waals surface area contributed by atoms with Gasteiger partial charge in [0.25, 0.3) is 5.89 Å². The van der Waals surface area contributed by atoms with Crippen molar-refractivity contribution in [1.29, 1.82) is 0 Å². The molecule has 0 fully saturated rings. The van der Waals surface area contributed by atoms with E-state index in [1.807, 2.05) is 32.0 Å². The monoisotopic (exact) mass is 344 g/mol. The van der Waals surface area contributed by atoms with Gasteiger partial charge in [-0.05, 0) is 54.3 Å². The summed E-state index contributed by atoms with van der Waals surface area (Å²) >= 11 is 0. The zero-order valence-electron chi connectivity index (χ0n) is 13.6. The molecular formula is C19H15F3N2O. The van der Waals surface area contributed by atoms with Gasteiger partial charge in [-0.2, -0.15) is 18.2 Å². The second-order valence-electron chi connectivity index (χ2n) is 5.73. The van der Waals surface area contributed by atoms with Crippen molar-refractivity contribution in [1.82, 2.24) is 10.1 Å². The Balaban J connectivity index is 2.14. The molecule has 1 heterocycles. The average Bonchev–Trinajstić information content (AvgIpc) is 3.09. The summed E-state index contributed by atoms with van der Waals surface area (Å²) in [6.45, 7) is 3.97. The molecular weight excluding hydrogens is 329 g/mol. The van der Waals surface area contributed by atoms with E-state index in [2.05, 4.69) is 10.1 Å². The van der Waals surface area contributed by atoms with Crippen LogP contribution in [0.4, 0.5) is 13.2 Å². The maximum absolute atomic E-state index is 13.0. The largest absolute Gasteiger partial charge is 0.416 e. The Morgan fingerprint density at radius 1 is 1.04 bits per heavy atom. The van der Waals surface area contributed by atoms with Crippen molar-refractivity contribution in [3.8, 4) is 0 Å². The molecule has 0 atom stereocenters. The van der Waals surface area contributed by atoms with Crippen LogP contribution in [0, 0.1) is 13.8 Å². The number of hydrogen-bond acceptors (Lipinski definition) is 3. The molecule has 0 radical (unpaired) electrons. The number of alkyl halides is 3. The van der Waals surface area contributed by atoms with Crippen molar-refractivity contribution in [3.05, 3.63) is 82.5 Å². The van der Waals surface area contributed by atoms with Gasteiger partial charge in [-0.3, -0.25) is 0 Å². The predicted molar refractivity (Wildman–Crippen MR) is 88.6 cm³/mol. The van der Waals surface area contributed by atoms with E-state index in [0.29, 0.717) is 11.1 Å². The molecule has 1 aromatic heterocycles. The molecule has 2 aromatic carbocycles. The zero-order chi connectivity index (χ0) is 18.0. The molecule has 0 unspecified atom stereocenters. The van der Waals surface area contributed by atoms with Crippen molar-refractivity contribution in [3.63, 3.8) is 0 Å². The van der Waals surface area contributed by atoms with Gasteiger partial charge in [0.1, 0.15) is 0 Å². The summed E-state index contributed by atoms with van der Waals surface area (Å²) in [4.78, 5) is 3.99. The Kier molecular flexibility index (Phi) is 4.44. The minimum atomic E-state index is -4.42. The minimum Gasteiger partial charge on any atom is -0.334 e. The number of aryl methyl sites for hydroxylation is 2. The van der Waals surface area contributed by atoms with Crippen LogP contribution in [0.1, 0.15) is 33.7 Å². The molecule has 3 aromatic rings. The highest BCUT2D eigenvalue weighted by molar-refractivity contribution is 5.88. The first-order valence-corrected chi connectivity index (χ1v) is 7.58. The summed E-state index contributed by atoms with van der Waals surface area (Å²) < 4.78 is 44.2. The number of nitrogens with zero attached hydrogens (tertiary/aromatic N) is 2. The topological polar surface area (TPSA) is 38.9 Å².